The number of carbonyl (C=O) groups excluding carboxylic acids is 1. The van der Waals surface area contributed by atoms with Crippen LogP contribution >= 0.6 is 11.6 Å². The Morgan fingerprint density at radius 1 is 1.24 bits per heavy atom. The van der Waals surface area contributed by atoms with Crippen molar-refractivity contribution in [3.05, 3.63) is 63.7 Å². The number of nitrogens with one attached hydrogen (secondary N) is 1. The van der Waals surface area contributed by atoms with Crippen molar-refractivity contribution in [3.63, 3.8) is 0 Å². The monoisotopic (exact) mass is 579 g/mol. The van der Waals surface area contributed by atoms with Gasteiger partial charge in [0.15, 0.2) is 9.84 Å². The Kier molecular flexibility index (Phi) is 9.57. The lowest BCUT2D eigenvalue weighted by atomic mass is 10.0. The van der Waals surface area contributed by atoms with E-state index in [0.29, 0.717) is 19.5 Å². The third-order valence-electron chi connectivity index (χ3n) is 6.42. The lowest BCUT2D eigenvalue weighted by molar-refractivity contribution is -0.138. The van der Waals surface area contributed by atoms with E-state index in [0.717, 1.165) is 6.07 Å². The molecule has 2 atom stereocenters. The molecule has 7 nitrogen and oxygen atoms in total. The summed E-state index contributed by atoms with van der Waals surface area (Å²) in [5.41, 5.74) is -0.820. The summed E-state index contributed by atoms with van der Waals surface area (Å²) in [6, 6.07) is 7.58. The average Bonchev–Trinajstić information content (AvgIpc) is 3.29. The van der Waals surface area contributed by atoms with Gasteiger partial charge in [-0.3, -0.25) is 9.69 Å². The summed E-state index contributed by atoms with van der Waals surface area (Å²) in [6.07, 6.45) is -2.43. The Hall–Kier alpha value is -1.83. The van der Waals surface area contributed by atoms with E-state index in [-0.39, 0.29) is 51.5 Å². The Morgan fingerprint density at radius 3 is 2.57 bits per heavy atom. The van der Waals surface area contributed by atoms with Gasteiger partial charge in [0.2, 0.25) is 0 Å². The fraction of sp³-hybridized carbons (Fsp3) is 0.458. The molecule has 1 heterocycles. The van der Waals surface area contributed by atoms with Crippen LogP contribution in [0.1, 0.15) is 40.4 Å². The molecule has 1 amide bonds. The highest BCUT2D eigenvalue weighted by molar-refractivity contribution is 7.91. The highest BCUT2D eigenvalue weighted by Crippen LogP contribution is 2.34. The zero-order chi connectivity index (χ0) is 27.5. The highest BCUT2D eigenvalue weighted by Gasteiger charge is 2.36. The molecule has 13 heteroatoms. The number of carbonyl (C=O) groups is 1. The normalized spacial score (nSPS) is 17.8. The number of benzene rings is 2. The average molecular weight is 580 g/mol. The van der Waals surface area contributed by atoms with Gasteiger partial charge in [0.25, 0.3) is 5.91 Å². The second-order valence-electron chi connectivity index (χ2n) is 8.86. The maximum Gasteiger partial charge on any atom is 0.416 e. The van der Waals surface area contributed by atoms with Crippen molar-refractivity contribution in [2.24, 2.45) is 0 Å². The van der Waals surface area contributed by atoms with Crippen molar-refractivity contribution in [3.8, 4) is 0 Å². The molecule has 0 saturated carbocycles. The van der Waals surface area contributed by atoms with Crippen LogP contribution in [0.5, 0.6) is 0 Å². The van der Waals surface area contributed by atoms with Crippen LogP contribution in [0.2, 0.25) is 5.02 Å². The lowest BCUT2D eigenvalue weighted by Crippen LogP contribution is -2.38. The van der Waals surface area contributed by atoms with Crippen molar-refractivity contribution < 1.29 is 30.9 Å². The Bertz CT molecular complexity index is 1240. The van der Waals surface area contributed by atoms with E-state index >= 15 is 0 Å². The van der Waals surface area contributed by atoms with Gasteiger partial charge in [-0.15, -0.1) is 4.31 Å². The summed E-state index contributed by atoms with van der Waals surface area (Å²) in [4.78, 5) is 14.6. The molecular formula is C24H29ClF3N3O4S2. The smallest absolute Gasteiger partial charge is 0.416 e. The zero-order valence-corrected chi connectivity index (χ0v) is 23.0. The molecule has 0 spiro atoms. The van der Waals surface area contributed by atoms with Crippen LogP contribution in [0.3, 0.4) is 0 Å². The van der Waals surface area contributed by atoms with E-state index in [9.17, 15) is 30.9 Å². The fourth-order valence-corrected chi connectivity index (χ4v) is 6.15. The minimum Gasteiger partial charge on any atom is -0.598 e. The van der Waals surface area contributed by atoms with Gasteiger partial charge in [0, 0.05) is 55.2 Å². The number of alkyl halides is 3. The molecular weight excluding hydrogens is 551 g/mol. The number of halogens is 4. The van der Waals surface area contributed by atoms with Gasteiger partial charge in [-0.1, -0.05) is 24.6 Å². The molecule has 1 N–H and O–H groups in total. The van der Waals surface area contributed by atoms with Gasteiger partial charge in [-0.05, 0) is 47.9 Å². The van der Waals surface area contributed by atoms with Gasteiger partial charge in [-0.25, -0.2) is 8.42 Å². The number of nitrogens with zero attached hydrogens (tertiary/aromatic N) is 2. The number of rotatable bonds is 9. The fourth-order valence-electron chi connectivity index (χ4n) is 4.25. The molecule has 2 aromatic carbocycles. The SMILES string of the molecule is CCS(=O)(=O)c1ccc(Cl)cc1CNC(=O)c1ccc(CN2CC[C@@H](N(C)[S+](C)[O-])C2)c(C(F)(F)F)c1. The topological polar surface area (TPSA) is 92.8 Å². The predicted molar refractivity (Wildman–Crippen MR) is 137 cm³/mol. The van der Waals surface area contributed by atoms with Crippen LogP contribution < -0.4 is 5.32 Å². The van der Waals surface area contributed by atoms with E-state index in [4.69, 9.17) is 11.6 Å². The van der Waals surface area contributed by atoms with Crippen molar-refractivity contribution >= 4 is 38.7 Å². The third kappa shape index (κ3) is 7.39. The van der Waals surface area contributed by atoms with Crippen LogP contribution in [0.15, 0.2) is 41.3 Å². The van der Waals surface area contributed by atoms with Crippen molar-refractivity contribution in [1.82, 2.24) is 14.5 Å². The Morgan fingerprint density at radius 2 is 1.95 bits per heavy atom. The molecule has 1 saturated heterocycles. The molecule has 37 heavy (non-hydrogen) atoms. The molecule has 1 unspecified atom stereocenters. The number of likely N-dealkylation sites (N-methyl/N-ethyl adjacent to an activating group) is 1. The minimum absolute atomic E-state index is 0.00694. The van der Waals surface area contributed by atoms with Gasteiger partial charge >= 0.3 is 6.18 Å². The summed E-state index contributed by atoms with van der Waals surface area (Å²) in [6.45, 7) is 2.35. The van der Waals surface area contributed by atoms with E-state index in [1.54, 1.807) is 17.6 Å². The number of hydrogen-bond acceptors (Lipinski definition) is 6. The van der Waals surface area contributed by atoms with Crippen molar-refractivity contribution in [1.29, 1.82) is 0 Å². The lowest BCUT2D eigenvalue weighted by Gasteiger charge is -2.24. The van der Waals surface area contributed by atoms with Crippen LogP contribution in [0, 0.1) is 0 Å². The van der Waals surface area contributed by atoms with Crippen LogP contribution in [-0.4, -0.2) is 66.3 Å². The van der Waals surface area contributed by atoms with Crippen LogP contribution in [-0.2, 0) is 40.5 Å². The molecule has 0 bridgehead atoms. The predicted octanol–water partition coefficient (Wildman–Crippen LogP) is 3.88. The molecule has 3 rings (SSSR count). The Labute approximate surface area is 223 Å². The first-order valence-electron chi connectivity index (χ1n) is 11.5. The number of likely N-dealkylation sites (tertiary alicyclic amines) is 1. The van der Waals surface area contributed by atoms with Crippen molar-refractivity contribution in [2.75, 3.05) is 32.1 Å². The molecule has 0 aromatic heterocycles. The summed E-state index contributed by atoms with van der Waals surface area (Å²) in [5, 5.41) is 2.77. The second kappa shape index (κ2) is 11.9. The second-order valence-corrected chi connectivity index (χ2v) is 13.0. The van der Waals surface area contributed by atoms with Crippen molar-refractivity contribution in [2.45, 2.75) is 43.5 Å². The molecule has 1 aliphatic heterocycles. The standard InChI is InChI=1S/C24H29ClF3N3O4S2/c1-4-37(34,35)22-8-7-19(25)11-18(22)13-29-23(32)16-5-6-17(21(12-16)24(26,27)28)14-31-10-9-20(15-31)30(2)36(3)33/h5-8,11-12,20H,4,9-10,13-15H2,1-3H3,(H,29,32)/t20-,36?/m1/s1. The number of amides is 1. The molecule has 0 aliphatic carbocycles. The van der Waals surface area contributed by atoms with Crippen LogP contribution in [0.25, 0.3) is 0 Å². The molecule has 2 aromatic rings. The summed E-state index contributed by atoms with van der Waals surface area (Å²) in [5.74, 6) is -0.929. The van der Waals surface area contributed by atoms with Gasteiger partial charge in [-0.2, -0.15) is 13.2 Å². The maximum atomic E-state index is 13.9. The molecule has 204 valence electrons. The molecule has 0 radical (unpaired) electrons. The third-order valence-corrected chi connectivity index (χ3v) is 9.59. The molecule has 1 aliphatic rings. The first-order valence-corrected chi connectivity index (χ1v) is 15.1. The van der Waals surface area contributed by atoms with Gasteiger partial charge in [0.1, 0.15) is 6.26 Å². The van der Waals surface area contributed by atoms with E-state index in [2.05, 4.69) is 5.32 Å². The van der Waals surface area contributed by atoms with E-state index < -0.39 is 38.8 Å². The summed E-state index contributed by atoms with van der Waals surface area (Å²) in [7, 11) is -1.87. The van der Waals surface area contributed by atoms with Gasteiger partial charge in [0.05, 0.1) is 22.3 Å². The van der Waals surface area contributed by atoms with Crippen LogP contribution in [0.4, 0.5) is 13.2 Å². The Balaban J connectivity index is 1.78. The summed E-state index contributed by atoms with van der Waals surface area (Å²) < 4.78 is 79.9. The first-order chi connectivity index (χ1) is 17.2. The quantitative estimate of drug-likeness (QED) is 0.453. The van der Waals surface area contributed by atoms with E-state index in [1.807, 2.05) is 4.90 Å². The summed E-state index contributed by atoms with van der Waals surface area (Å²) >= 11 is 4.82. The number of sulfone groups is 1. The first kappa shape index (κ1) is 29.7. The largest absolute Gasteiger partial charge is 0.598 e. The highest BCUT2D eigenvalue weighted by atomic mass is 35.5. The van der Waals surface area contributed by atoms with E-state index in [1.165, 1.54) is 37.3 Å². The zero-order valence-electron chi connectivity index (χ0n) is 20.6. The van der Waals surface area contributed by atoms with Gasteiger partial charge < -0.3 is 9.87 Å². The minimum atomic E-state index is -4.68. The number of hydrogen-bond donors (Lipinski definition) is 1. The maximum absolute atomic E-state index is 13.9. The molecule has 1 fully saturated rings.